The number of rotatable bonds is 3. The van der Waals surface area contributed by atoms with Crippen molar-refractivity contribution in [2.75, 3.05) is 13.1 Å². The average molecular weight is 289 g/mol. The van der Waals surface area contributed by atoms with E-state index in [2.05, 4.69) is 20.3 Å². The number of aromatic amines is 1. The summed E-state index contributed by atoms with van der Waals surface area (Å²) in [5.74, 6) is 1.70. The van der Waals surface area contributed by atoms with Gasteiger partial charge >= 0.3 is 0 Å². The van der Waals surface area contributed by atoms with Gasteiger partial charge in [0.15, 0.2) is 5.82 Å². The first-order valence-electron chi connectivity index (χ1n) is 7.27. The van der Waals surface area contributed by atoms with Gasteiger partial charge in [-0.05, 0) is 18.9 Å². The third kappa shape index (κ3) is 2.81. The van der Waals surface area contributed by atoms with Crippen molar-refractivity contribution in [2.45, 2.75) is 38.5 Å². The van der Waals surface area contributed by atoms with Crippen molar-refractivity contribution in [3.63, 3.8) is 0 Å². The Bertz CT molecular complexity index is 605. The zero-order chi connectivity index (χ0) is 14.8. The Balaban J connectivity index is 1.72. The Hall–Kier alpha value is -2.18. The third-order valence-electron chi connectivity index (χ3n) is 3.76. The maximum absolute atomic E-state index is 12.3. The van der Waals surface area contributed by atoms with Crippen LogP contribution in [-0.4, -0.2) is 44.2 Å². The quantitative estimate of drug-likeness (QED) is 0.932. The molecule has 1 aliphatic rings. The summed E-state index contributed by atoms with van der Waals surface area (Å²) in [4.78, 5) is 18.6. The molecule has 0 bridgehead atoms. The second kappa shape index (κ2) is 5.67. The minimum Gasteiger partial charge on any atom is -0.339 e. The molecule has 7 nitrogen and oxygen atoms in total. The van der Waals surface area contributed by atoms with E-state index in [-0.39, 0.29) is 17.7 Å². The third-order valence-corrected chi connectivity index (χ3v) is 3.76. The fourth-order valence-corrected chi connectivity index (χ4v) is 2.57. The van der Waals surface area contributed by atoms with E-state index < -0.39 is 0 Å². The number of hydrogen-bond acceptors (Lipinski definition) is 5. The zero-order valence-corrected chi connectivity index (χ0v) is 12.2. The summed E-state index contributed by atoms with van der Waals surface area (Å²) in [7, 11) is 0. The average Bonchev–Trinajstić information content (AvgIpc) is 3.18. The maximum atomic E-state index is 12.3. The molecule has 3 rings (SSSR count). The van der Waals surface area contributed by atoms with Crippen LogP contribution >= 0.6 is 0 Å². The van der Waals surface area contributed by atoms with Gasteiger partial charge in [-0.2, -0.15) is 10.1 Å². The van der Waals surface area contributed by atoms with Crippen LogP contribution in [0.1, 0.15) is 60.7 Å². The van der Waals surface area contributed by atoms with Crippen molar-refractivity contribution in [1.29, 1.82) is 0 Å². The van der Waals surface area contributed by atoms with Crippen LogP contribution in [0.3, 0.4) is 0 Å². The molecular weight excluding hydrogens is 270 g/mol. The van der Waals surface area contributed by atoms with E-state index in [1.165, 1.54) is 0 Å². The van der Waals surface area contributed by atoms with Gasteiger partial charge in [-0.3, -0.25) is 9.89 Å². The standard InChI is InChI=1S/C14H19N5O2/c1-9(2)13-16-12(18-21-13)10-4-3-7-19(8-10)14(20)11-5-6-15-17-11/h5-6,9-10H,3-4,7-8H2,1-2H3,(H,15,17). The normalized spacial score (nSPS) is 19.2. The minimum atomic E-state index is -0.0234. The summed E-state index contributed by atoms with van der Waals surface area (Å²) in [6, 6.07) is 1.69. The van der Waals surface area contributed by atoms with Gasteiger partial charge in [0, 0.05) is 31.1 Å². The lowest BCUT2D eigenvalue weighted by Crippen LogP contribution is -2.39. The Labute approximate surface area is 122 Å². The zero-order valence-electron chi connectivity index (χ0n) is 12.2. The van der Waals surface area contributed by atoms with Gasteiger partial charge in [-0.25, -0.2) is 0 Å². The van der Waals surface area contributed by atoms with Crippen molar-refractivity contribution in [2.24, 2.45) is 0 Å². The molecule has 0 radical (unpaired) electrons. The molecule has 1 unspecified atom stereocenters. The van der Waals surface area contributed by atoms with E-state index >= 15 is 0 Å². The Morgan fingerprint density at radius 1 is 1.52 bits per heavy atom. The molecule has 0 spiro atoms. The Kier molecular flexibility index (Phi) is 3.72. The van der Waals surface area contributed by atoms with Crippen LogP contribution in [0.5, 0.6) is 0 Å². The number of carbonyl (C=O) groups is 1. The highest BCUT2D eigenvalue weighted by Crippen LogP contribution is 2.26. The number of aromatic nitrogens is 4. The van der Waals surface area contributed by atoms with E-state index in [4.69, 9.17) is 4.52 Å². The molecule has 21 heavy (non-hydrogen) atoms. The fourth-order valence-electron chi connectivity index (χ4n) is 2.57. The van der Waals surface area contributed by atoms with Crippen molar-refractivity contribution in [3.05, 3.63) is 29.7 Å². The molecule has 3 heterocycles. The van der Waals surface area contributed by atoms with E-state index in [0.717, 1.165) is 19.4 Å². The van der Waals surface area contributed by atoms with E-state index in [0.29, 0.717) is 24.0 Å². The molecule has 1 atom stereocenters. The molecule has 0 aromatic carbocycles. The van der Waals surface area contributed by atoms with Gasteiger partial charge in [0.2, 0.25) is 5.89 Å². The van der Waals surface area contributed by atoms with Crippen LogP contribution < -0.4 is 0 Å². The summed E-state index contributed by atoms with van der Waals surface area (Å²) < 4.78 is 5.27. The van der Waals surface area contributed by atoms with Gasteiger partial charge in [0.05, 0.1) is 0 Å². The number of H-pyrrole nitrogens is 1. The van der Waals surface area contributed by atoms with Crippen molar-refractivity contribution >= 4 is 5.91 Å². The van der Waals surface area contributed by atoms with Crippen LogP contribution in [0.2, 0.25) is 0 Å². The molecule has 1 amide bonds. The number of likely N-dealkylation sites (tertiary alicyclic amines) is 1. The second-order valence-electron chi connectivity index (χ2n) is 5.71. The molecule has 1 N–H and O–H groups in total. The first-order chi connectivity index (χ1) is 10.1. The molecule has 112 valence electrons. The molecule has 1 saturated heterocycles. The summed E-state index contributed by atoms with van der Waals surface area (Å²) in [5.41, 5.74) is 0.520. The second-order valence-corrected chi connectivity index (χ2v) is 5.71. The largest absolute Gasteiger partial charge is 0.339 e. The predicted octanol–water partition coefficient (Wildman–Crippen LogP) is 1.94. The maximum Gasteiger partial charge on any atom is 0.271 e. The molecule has 7 heteroatoms. The predicted molar refractivity (Wildman–Crippen MR) is 74.9 cm³/mol. The lowest BCUT2D eigenvalue weighted by Gasteiger charge is -2.30. The molecule has 2 aromatic heterocycles. The van der Waals surface area contributed by atoms with Gasteiger partial charge < -0.3 is 9.42 Å². The summed E-state index contributed by atoms with van der Waals surface area (Å²) in [6.45, 7) is 5.41. The Morgan fingerprint density at radius 2 is 2.38 bits per heavy atom. The molecule has 1 fully saturated rings. The van der Waals surface area contributed by atoms with E-state index in [1.807, 2.05) is 18.7 Å². The Morgan fingerprint density at radius 3 is 3.05 bits per heavy atom. The monoisotopic (exact) mass is 289 g/mol. The summed E-state index contributed by atoms with van der Waals surface area (Å²) in [6.07, 6.45) is 3.50. The van der Waals surface area contributed by atoms with E-state index in [1.54, 1.807) is 12.3 Å². The number of piperidine rings is 1. The number of hydrogen-bond donors (Lipinski definition) is 1. The number of amides is 1. The summed E-state index contributed by atoms with van der Waals surface area (Å²) >= 11 is 0. The number of nitrogens with zero attached hydrogens (tertiary/aromatic N) is 4. The minimum absolute atomic E-state index is 0.0234. The van der Waals surface area contributed by atoms with Crippen LogP contribution in [-0.2, 0) is 0 Å². The van der Waals surface area contributed by atoms with E-state index in [9.17, 15) is 4.79 Å². The highest BCUT2D eigenvalue weighted by Gasteiger charge is 2.29. The first kappa shape index (κ1) is 13.8. The lowest BCUT2D eigenvalue weighted by molar-refractivity contribution is 0.0697. The van der Waals surface area contributed by atoms with Gasteiger partial charge in [-0.1, -0.05) is 19.0 Å². The van der Waals surface area contributed by atoms with Gasteiger partial charge in [0.1, 0.15) is 5.69 Å². The molecular formula is C14H19N5O2. The topological polar surface area (TPSA) is 87.9 Å². The molecule has 2 aromatic rings. The molecule has 0 saturated carbocycles. The van der Waals surface area contributed by atoms with Crippen LogP contribution in [0.4, 0.5) is 0 Å². The first-order valence-corrected chi connectivity index (χ1v) is 7.27. The lowest BCUT2D eigenvalue weighted by atomic mass is 9.97. The molecule has 0 aliphatic carbocycles. The smallest absolute Gasteiger partial charge is 0.271 e. The highest BCUT2D eigenvalue weighted by molar-refractivity contribution is 5.92. The van der Waals surface area contributed by atoms with Gasteiger partial charge in [0.25, 0.3) is 5.91 Å². The number of carbonyl (C=O) groups excluding carboxylic acids is 1. The van der Waals surface area contributed by atoms with Crippen LogP contribution in [0, 0.1) is 0 Å². The van der Waals surface area contributed by atoms with Gasteiger partial charge in [-0.15, -0.1) is 0 Å². The highest BCUT2D eigenvalue weighted by atomic mass is 16.5. The van der Waals surface area contributed by atoms with Crippen LogP contribution in [0.25, 0.3) is 0 Å². The fraction of sp³-hybridized carbons (Fsp3) is 0.571. The SMILES string of the molecule is CC(C)c1nc(C2CCCN(C(=O)c3ccn[nH]3)C2)no1. The van der Waals surface area contributed by atoms with Crippen molar-refractivity contribution < 1.29 is 9.32 Å². The van der Waals surface area contributed by atoms with Crippen LogP contribution in [0.15, 0.2) is 16.8 Å². The van der Waals surface area contributed by atoms with Crippen molar-refractivity contribution in [1.82, 2.24) is 25.2 Å². The summed E-state index contributed by atoms with van der Waals surface area (Å²) in [5, 5.41) is 10.6. The number of nitrogens with one attached hydrogen (secondary N) is 1. The molecule has 1 aliphatic heterocycles. The van der Waals surface area contributed by atoms with Crippen molar-refractivity contribution in [3.8, 4) is 0 Å².